The lowest BCUT2D eigenvalue weighted by Crippen LogP contribution is -2.51. The van der Waals surface area contributed by atoms with Gasteiger partial charge in [0.05, 0.1) is 29.7 Å². The van der Waals surface area contributed by atoms with Crippen LogP contribution in [0, 0.1) is 0 Å². The van der Waals surface area contributed by atoms with Crippen LogP contribution in [-0.4, -0.2) is 45.4 Å². The van der Waals surface area contributed by atoms with Gasteiger partial charge in [-0.15, -0.1) is 0 Å². The normalized spacial score (nSPS) is 16.1. The molecule has 1 spiro atoms. The van der Waals surface area contributed by atoms with E-state index in [1.54, 1.807) is 18.0 Å². The third-order valence-corrected chi connectivity index (χ3v) is 6.86. The van der Waals surface area contributed by atoms with E-state index in [4.69, 9.17) is 4.74 Å². The lowest BCUT2D eigenvalue weighted by atomic mass is 9.82. The lowest BCUT2D eigenvalue weighted by molar-refractivity contribution is 0.0676. The topological polar surface area (TPSA) is 64.3 Å². The zero-order valence-corrected chi connectivity index (χ0v) is 18.4. The van der Waals surface area contributed by atoms with Gasteiger partial charge in [0.2, 0.25) is 0 Å². The van der Waals surface area contributed by atoms with Gasteiger partial charge >= 0.3 is 0 Å². The molecular formula is C26H25N5O2. The van der Waals surface area contributed by atoms with Crippen molar-refractivity contribution >= 4 is 11.6 Å². The molecule has 6 rings (SSSR count). The van der Waals surface area contributed by atoms with Crippen molar-refractivity contribution in [3.05, 3.63) is 90.5 Å². The standard InChI is InChI=1S/C26H25N5O2/c1-33-21-9-10-23-22(18-21)28-26(24-4-2-14-30(23)24)11-16-29(17-12-26)25(32)19-5-7-20(8-6-19)31-15-3-13-27-31/h2-10,13-15,18,28H,11-12,16-17H2,1H3. The monoisotopic (exact) mass is 439 g/mol. The number of anilines is 1. The molecule has 0 aliphatic carbocycles. The van der Waals surface area contributed by atoms with Crippen molar-refractivity contribution < 1.29 is 9.53 Å². The fraction of sp³-hybridized carbons (Fsp3) is 0.231. The second-order valence-corrected chi connectivity index (χ2v) is 8.64. The molecule has 4 heterocycles. The number of carbonyl (C=O) groups excluding carboxylic acids is 1. The van der Waals surface area contributed by atoms with E-state index in [0.717, 1.165) is 35.7 Å². The quantitative estimate of drug-likeness (QED) is 0.519. The highest BCUT2D eigenvalue weighted by atomic mass is 16.5. The number of hydrogen-bond donors (Lipinski definition) is 1. The summed E-state index contributed by atoms with van der Waals surface area (Å²) in [5.74, 6) is 0.906. The second kappa shape index (κ2) is 7.55. The number of nitrogens with one attached hydrogen (secondary N) is 1. The van der Waals surface area contributed by atoms with Crippen molar-refractivity contribution in [3.8, 4) is 17.1 Å². The van der Waals surface area contributed by atoms with Crippen LogP contribution in [0.4, 0.5) is 5.69 Å². The Bertz CT molecular complexity index is 1300. The Morgan fingerprint density at radius 2 is 1.85 bits per heavy atom. The van der Waals surface area contributed by atoms with Gasteiger partial charge in [-0.3, -0.25) is 4.79 Å². The van der Waals surface area contributed by atoms with E-state index in [0.29, 0.717) is 18.7 Å². The zero-order valence-electron chi connectivity index (χ0n) is 18.4. The summed E-state index contributed by atoms with van der Waals surface area (Å²) < 4.78 is 9.50. The van der Waals surface area contributed by atoms with E-state index in [-0.39, 0.29) is 11.4 Å². The Kier molecular flexibility index (Phi) is 4.50. The summed E-state index contributed by atoms with van der Waals surface area (Å²) in [6, 6.07) is 19.9. The number of amides is 1. The van der Waals surface area contributed by atoms with Crippen molar-refractivity contribution in [2.75, 3.05) is 25.5 Å². The Balaban J connectivity index is 1.22. The molecule has 0 unspecified atom stereocenters. The van der Waals surface area contributed by atoms with Crippen molar-refractivity contribution in [1.29, 1.82) is 0 Å². The summed E-state index contributed by atoms with van der Waals surface area (Å²) in [7, 11) is 1.69. The minimum absolute atomic E-state index is 0.0742. The molecule has 1 saturated heterocycles. The van der Waals surface area contributed by atoms with E-state index < -0.39 is 0 Å². The van der Waals surface area contributed by atoms with Gasteiger partial charge in [-0.25, -0.2) is 4.68 Å². The molecule has 4 aromatic rings. The fourth-order valence-electron chi connectivity index (χ4n) is 5.09. The van der Waals surface area contributed by atoms with Crippen molar-refractivity contribution in [1.82, 2.24) is 19.2 Å². The van der Waals surface area contributed by atoms with Gasteiger partial charge in [-0.2, -0.15) is 5.10 Å². The molecule has 166 valence electrons. The van der Waals surface area contributed by atoms with Crippen LogP contribution in [0.3, 0.4) is 0 Å². The van der Waals surface area contributed by atoms with E-state index in [9.17, 15) is 4.79 Å². The van der Waals surface area contributed by atoms with Gasteiger partial charge in [0, 0.05) is 49.0 Å². The molecule has 2 aromatic carbocycles. The first-order valence-corrected chi connectivity index (χ1v) is 11.2. The van der Waals surface area contributed by atoms with Crippen LogP contribution in [0.15, 0.2) is 79.3 Å². The Morgan fingerprint density at radius 3 is 2.58 bits per heavy atom. The molecule has 2 aliphatic rings. The highest BCUT2D eigenvalue weighted by molar-refractivity contribution is 5.94. The largest absolute Gasteiger partial charge is 0.497 e. The number of hydrogen-bond acceptors (Lipinski definition) is 4. The number of methoxy groups -OCH3 is 1. The average molecular weight is 440 g/mol. The molecule has 1 fully saturated rings. The summed E-state index contributed by atoms with van der Waals surface area (Å²) in [6.45, 7) is 1.38. The van der Waals surface area contributed by atoms with Crippen LogP contribution in [0.1, 0.15) is 28.9 Å². The van der Waals surface area contributed by atoms with Gasteiger partial charge in [-0.05, 0) is 67.4 Å². The summed E-state index contributed by atoms with van der Waals surface area (Å²) in [5.41, 5.74) is 4.87. The summed E-state index contributed by atoms with van der Waals surface area (Å²) in [4.78, 5) is 15.2. The molecule has 1 amide bonds. The number of likely N-dealkylation sites (tertiary alicyclic amines) is 1. The molecule has 0 bridgehead atoms. The zero-order chi connectivity index (χ0) is 22.4. The van der Waals surface area contributed by atoms with Gasteiger partial charge < -0.3 is 19.5 Å². The third kappa shape index (κ3) is 3.19. The van der Waals surface area contributed by atoms with Crippen LogP contribution < -0.4 is 10.1 Å². The third-order valence-electron chi connectivity index (χ3n) is 6.86. The summed E-state index contributed by atoms with van der Waals surface area (Å²) >= 11 is 0. The van der Waals surface area contributed by atoms with Crippen LogP contribution in [0.25, 0.3) is 11.4 Å². The van der Waals surface area contributed by atoms with E-state index in [2.05, 4.69) is 45.4 Å². The van der Waals surface area contributed by atoms with Crippen LogP contribution in [-0.2, 0) is 5.54 Å². The molecule has 0 atom stereocenters. The SMILES string of the molecule is COc1ccc2c(c1)NC1(CCN(C(=O)c3ccc(-n4cccn4)cc3)CC1)c1cccn1-2. The highest BCUT2D eigenvalue weighted by Crippen LogP contribution is 2.44. The maximum Gasteiger partial charge on any atom is 0.253 e. The minimum Gasteiger partial charge on any atom is -0.497 e. The first-order chi connectivity index (χ1) is 16.2. The molecule has 0 radical (unpaired) electrons. The number of carbonyl (C=O) groups is 1. The smallest absolute Gasteiger partial charge is 0.253 e. The van der Waals surface area contributed by atoms with E-state index in [1.165, 1.54) is 5.69 Å². The Labute approximate surface area is 192 Å². The average Bonchev–Trinajstić information content (AvgIpc) is 3.57. The number of fused-ring (bicyclic) bond motifs is 4. The maximum absolute atomic E-state index is 13.2. The first kappa shape index (κ1) is 19.7. The van der Waals surface area contributed by atoms with Crippen LogP contribution in [0.5, 0.6) is 5.75 Å². The number of nitrogens with zero attached hydrogens (tertiary/aromatic N) is 4. The Hall–Kier alpha value is -4.00. The van der Waals surface area contributed by atoms with Gasteiger partial charge in [-0.1, -0.05) is 0 Å². The van der Waals surface area contributed by atoms with Gasteiger partial charge in [0.1, 0.15) is 5.75 Å². The Morgan fingerprint density at radius 1 is 1.03 bits per heavy atom. The predicted octanol–water partition coefficient (Wildman–Crippen LogP) is 4.23. The molecule has 2 aromatic heterocycles. The number of piperidine rings is 1. The molecule has 7 heteroatoms. The van der Waals surface area contributed by atoms with Crippen molar-refractivity contribution in [2.24, 2.45) is 0 Å². The molecular weight excluding hydrogens is 414 g/mol. The molecule has 7 nitrogen and oxygen atoms in total. The van der Waals surface area contributed by atoms with Gasteiger partial charge in [0.25, 0.3) is 5.91 Å². The summed E-state index contributed by atoms with van der Waals surface area (Å²) in [6.07, 6.45) is 7.42. The number of rotatable bonds is 3. The minimum atomic E-state index is -0.205. The fourth-order valence-corrected chi connectivity index (χ4v) is 5.09. The molecule has 2 aliphatic heterocycles. The highest BCUT2D eigenvalue weighted by Gasteiger charge is 2.42. The lowest BCUT2D eigenvalue weighted by Gasteiger charge is -2.46. The van der Waals surface area contributed by atoms with Gasteiger partial charge in [0.15, 0.2) is 0 Å². The first-order valence-electron chi connectivity index (χ1n) is 11.2. The second-order valence-electron chi connectivity index (χ2n) is 8.64. The van der Waals surface area contributed by atoms with Crippen LogP contribution in [0.2, 0.25) is 0 Å². The van der Waals surface area contributed by atoms with Crippen molar-refractivity contribution in [3.63, 3.8) is 0 Å². The number of ether oxygens (including phenoxy) is 1. The maximum atomic E-state index is 13.2. The number of benzene rings is 2. The van der Waals surface area contributed by atoms with Crippen LogP contribution >= 0.6 is 0 Å². The van der Waals surface area contributed by atoms with E-state index >= 15 is 0 Å². The molecule has 1 N–H and O–H groups in total. The van der Waals surface area contributed by atoms with Crippen molar-refractivity contribution in [2.45, 2.75) is 18.4 Å². The number of aromatic nitrogens is 3. The van der Waals surface area contributed by atoms with E-state index in [1.807, 2.05) is 47.5 Å². The summed E-state index contributed by atoms with van der Waals surface area (Å²) in [5, 5.41) is 8.05. The predicted molar refractivity (Wildman–Crippen MR) is 126 cm³/mol. The molecule has 33 heavy (non-hydrogen) atoms. The molecule has 0 saturated carbocycles.